The van der Waals surface area contributed by atoms with Gasteiger partial charge in [0.05, 0.1) is 6.26 Å². The molecule has 0 aromatic carbocycles. The van der Waals surface area contributed by atoms with Crippen LogP contribution in [0, 0.1) is 0 Å². The summed E-state index contributed by atoms with van der Waals surface area (Å²) in [5.41, 5.74) is 0. The quantitative estimate of drug-likeness (QED) is 0.649. The third kappa shape index (κ3) is 4.58. The van der Waals surface area contributed by atoms with E-state index in [4.69, 9.17) is 0 Å². The number of halogens is 1. The van der Waals surface area contributed by atoms with E-state index in [1.165, 1.54) is 5.06 Å². The minimum Gasteiger partial charge on any atom is -0.198 e. The summed E-state index contributed by atoms with van der Waals surface area (Å²) in [5, 5.41) is 1.48. The second-order valence-electron chi connectivity index (χ2n) is 2.41. The summed E-state index contributed by atoms with van der Waals surface area (Å²) in [4.78, 5) is 0. The molecule has 0 bridgehead atoms. The standard InChI is InChI=1S/C5H11NO3S.ClH/c1-10(7,8)9-6-4-2-3-5-6;/h2-5H2,1H3;1H. The second kappa shape index (κ2) is 4.25. The summed E-state index contributed by atoms with van der Waals surface area (Å²) in [6.45, 7) is 1.46. The van der Waals surface area contributed by atoms with Crippen molar-refractivity contribution in [3.63, 3.8) is 0 Å². The van der Waals surface area contributed by atoms with Gasteiger partial charge >= 0.3 is 0 Å². The van der Waals surface area contributed by atoms with Crippen molar-refractivity contribution in [1.82, 2.24) is 5.06 Å². The van der Waals surface area contributed by atoms with Crippen molar-refractivity contribution < 1.29 is 12.7 Å². The number of hydroxylamine groups is 2. The number of hydrogen-bond donors (Lipinski definition) is 0. The Morgan fingerprint density at radius 3 is 2.09 bits per heavy atom. The Balaban J connectivity index is 0.000001000. The number of hydrogen-bond acceptors (Lipinski definition) is 4. The number of nitrogens with zero attached hydrogens (tertiary/aromatic N) is 1. The molecule has 1 fully saturated rings. The maximum absolute atomic E-state index is 10.5. The zero-order chi connectivity index (χ0) is 7.61. The first-order valence-corrected chi connectivity index (χ1v) is 5.04. The van der Waals surface area contributed by atoms with Crippen molar-refractivity contribution in [2.75, 3.05) is 19.3 Å². The molecule has 0 unspecified atom stereocenters. The summed E-state index contributed by atoms with van der Waals surface area (Å²) < 4.78 is 25.7. The summed E-state index contributed by atoms with van der Waals surface area (Å²) in [7, 11) is -3.28. The van der Waals surface area contributed by atoms with Crippen LogP contribution >= 0.6 is 12.4 Å². The van der Waals surface area contributed by atoms with Gasteiger partial charge in [0.1, 0.15) is 0 Å². The smallest absolute Gasteiger partial charge is 0.198 e. The first-order chi connectivity index (χ1) is 4.58. The first-order valence-electron chi connectivity index (χ1n) is 3.22. The van der Waals surface area contributed by atoms with Crippen LogP contribution in [-0.2, 0) is 14.4 Å². The van der Waals surface area contributed by atoms with Crippen LogP contribution in [0.4, 0.5) is 0 Å². The van der Waals surface area contributed by atoms with Crippen LogP contribution in [0.15, 0.2) is 0 Å². The summed E-state index contributed by atoms with van der Waals surface area (Å²) in [6, 6.07) is 0. The van der Waals surface area contributed by atoms with Crippen LogP contribution in [0.3, 0.4) is 0 Å². The highest BCUT2D eigenvalue weighted by Crippen LogP contribution is 2.08. The maximum Gasteiger partial charge on any atom is 0.280 e. The zero-order valence-corrected chi connectivity index (χ0v) is 7.95. The third-order valence-corrected chi connectivity index (χ3v) is 1.79. The summed E-state index contributed by atoms with van der Waals surface area (Å²) in [6.07, 6.45) is 3.11. The minimum atomic E-state index is -3.28. The molecule has 1 aliphatic rings. The van der Waals surface area contributed by atoms with Gasteiger partial charge in [0.2, 0.25) is 0 Å². The van der Waals surface area contributed by atoms with Gasteiger partial charge in [-0.15, -0.1) is 12.4 Å². The lowest BCUT2D eigenvalue weighted by molar-refractivity contribution is -0.0259. The van der Waals surface area contributed by atoms with E-state index in [-0.39, 0.29) is 12.4 Å². The van der Waals surface area contributed by atoms with Crippen molar-refractivity contribution in [3.8, 4) is 0 Å². The lowest BCUT2D eigenvalue weighted by Crippen LogP contribution is -2.23. The predicted molar refractivity (Wildman–Crippen MR) is 44.0 cm³/mol. The molecule has 0 aromatic heterocycles. The highest BCUT2D eigenvalue weighted by atomic mass is 35.5. The Morgan fingerprint density at radius 2 is 1.73 bits per heavy atom. The van der Waals surface area contributed by atoms with Crippen LogP contribution in [0.5, 0.6) is 0 Å². The Labute approximate surface area is 73.0 Å². The Hall–Kier alpha value is 0.160. The van der Waals surface area contributed by atoms with E-state index < -0.39 is 10.1 Å². The average Bonchev–Trinajstić information content (AvgIpc) is 2.12. The molecule has 0 spiro atoms. The number of rotatable bonds is 2. The fraction of sp³-hybridized carbons (Fsp3) is 1.00. The van der Waals surface area contributed by atoms with E-state index >= 15 is 0 Å². The van der Waals surface area contributed by atoms with Gasteiger partial charge in [-0.05, 0) is 12.8 Å². The molecular weight excluding hydrogens is 190 g/mol. The molecule has 11 heavy (non-hydrogen) atoms. The van der Waals surface area contributed by atoms with Gasteiger partial charge < -0.3 is 0 Å². The normalized spacial score (nSPS) is 19.7. The molecule has 0 atom stereocenters. The van der Waals surface area contributed by atoms with E-state index in [0.29, 0.717) is 0 Å². The average molecular weight is 202 g/mol. The second-order valence-corrected chi connectivity index (χ2v) is 3.97. The van der Waals surface area contributed by atoms with Crippen molar-refractivity contribution >= 4 is 22.5 Å². The largest absolute Gasteiger partial charge is 0.280 e. The minimum absolute atomic E-state index is 0. The van der Waals surface area contributed by atoms with Crippen molar-refractivity contribution in [2.24, 2.45) is 0 Å². The molecule has 1 saturated heterocycles. The van der Waals surface area contributed by atoms with Gasteiger partial charge in [0, 0.05) is 13.1 Å². The molecule has 1 aliphatic heterocycles. The lowest BCUT2D eigenvalue weighted by Gasteiger charge is -2.10. The van der Waals surface area contributed by atoms with E-state index in [9.17, 15) is 8.42 Å². The molecule has 0 N–H and O–H groups in total. The van der Waals surface area contributed by atoms with Crippen molar-refractivity contribution in [2.45, 2.75) is 12.8 Å². The first kappa shape index (κ1) is 11.2. The Kier molecular flexibility index (Phi) is 4.31. The van der Waals surface area contributed by atoms with Gasteiger partial charge in [-0.1, -0.05) is 0 Å². The lowest BCUT2D eigenvalue weighted by atomic mass is 10.4. The van der Waals surface area contributed by atoms with Gasteiger partial charge in [0.15, 0.2) is 0 Å². The van der Waals surface area contributed by atoms with E-state index in [1.54, 1.807) is 0 Å². The van der Waals surface area contributed by atoms with Crippen molar-refractivity contribution in [1.29, 1.82) is 0 Å². The summed E-state index contributed by atoms with van der Waals surface area (Å²) in [5.74, 6) is 0. The Morgan fingerprint density at radius 1 is 1.27 bits per heavy atom. The third-order valence-electron chi connectivity index (χ3n) is 1.31. The topological polar surface area (TPSA) is 46.6 Å². The van der Waals surface area contributed by atoms with Gasteiger partial charge in [-0.3, -0.25) is 0 Å². The molecule has 6 heteroatoms. The van der Waals surface area contributed by atoms with Crippen LogP contribution in [0.2, 0.25) is 0 Å². The maximum atomic E-state index is 10.5. The molecule has 4 nitrogen and oxygen atoms in total. The summed E-state index contributed by atoms with van der Waals surface area (Å²) >= 11 is 0. The van der Waals surface area contributed by atoms with Gasteiger partial charge in [-0.25, -0.2) is 0 Å². The predicted octanol–water partition coefficient (Wildman–Crippen LogP) is 0.395. The monoisotopic (exact) mass is 201 g/mol. The van der Waals surface area contributed by atoms with Crippen LogP contribution < -0.4 is 0 Å². The molecule has 0 saturated carbocycles. The molecule has 0 aliphatic carbocycles. The van der Waals surface area contributed by atoms with Crippen LogP contribution in [0.25, 0.3) is 0 Å². The fourth-order valence-corrected chi connectivity index (χ4v) is 1.49. The SMILES string of the molecule is CS(=O)(=O)ON1CCCC1.Cl. The molecule has 0 aromatic rings. The van der Waals surface area contributed by atoms with E-state index in [0.717, 1.165) is 32.2 Å². The van der Waals surface area contributed by atoms with Crippen molar-refractivity contribution in [3.05, 3.63) is 0 Å². The highest BCUT2D eigenvalue weighted by molar-refractivity contribution is 7.85. The fourth-order valence-electron chi connectivity index (χ4n) is 0.954. The molecule has 68 valence electrons. The molecule has 1 heterocycles. The highest BCUT2D eigenvalue weighted by Gasteiger charge is 2.16. The van der Waals surface area contributed by atoms with E-state index in [2.05, 4.69) is 4.28 Å². The van der Waals surface area contributed by atoms with Crippen LogP contribution in [-0.4, -0.2) is 32.8 Å². The van der Waals surface area contributed by atoms with Crippen LogP contribution in [0.1, 0.15) is 12.8 Å². The van der Waals surface area contributed by atoms with Gasteiger partial charge in [0.25, 0.3) is 10.1 Å². The van der Waals surface area contributed by atoms with E-state index in [1.807, 2.05) is 0 Å². The zero-order valence-electron chi connectivity index (χ0n) is 6.32. The molecule has 0 radical (unpaired) electrons. The molecular formula is C5H12ClNO3S. The molecule has 0 amide bonds. The Bertz CT molecular complexity index is 198. The molecule has 1 rings (SSSR count). The van der Waals surface area contributed by atoms with Gasteiger partial charge in [-0.2, -0.15) is 17.8 Å².